The first kappa shape index (κ1) is 12.7. The van der Waals surface area contributed by atoms with Crippen molar-refractivity contribution in [3.8, 4) is 10.9 Å². The predicted octanol–water partition coefficient (Wildman–Crippen LogP) is 3.13. The lowest BCUT2D eigenvalue weighted by Crippen LogP contribution is -2.14. The van der Waals surface area contributed by atoms with Crippen LogP contribution in [0.5, 0.6) is 10.9 Å². The Morgan fingerprint density at radius 2 is 2.19 bits per heavy atom. The number of hydrogen-bond donors (Lipinski definition) is 1. The maximum absolute atomic E-state index is 5.77. The number of ether oxygens (including phenoxy) is 1. The number of fused-ring (bicyclic) bond motifs is 1. The van der Waals surface area contributed by atoms with Crippen molar-refractivity contribution >= 4 is 22.2 Å². The third-order valence-electron chi connectivity index (χ3n) is 3.35. The zero-order valence-electron chi connectivity index (χ0n) is 11.3. The van der Waals surface area contributed by atoms with Crippen molar-refractivity contribution in [3.05, 3.63) is 41.5 Å². The third kappa shape index (κ3) is 3.01. The van der Waals surface area contributed by atoms with Gasteiger partial charge in [0.1, 0.15) is 10.8 Å². The van der Waals surface area contributed by atoms with E-state index in [1.165, 1.54) is 24.2 Å². The molecule has 0 unspecified atom stereocenters. The monoisotopic (exact) mass is 298 g/mol. The molecule has 1 aromatic carbocycles. The van der Waals surface area contributed by atoms with Gasteiger partial charge < -0.3 is 10.1 Å². The van der Waals surface area contributed by atoms with Gasteiger partial charge in [0.05, 0.1) is 12.1 Å². The van der Waals surface area contributed by atoms with E-state index < -0.39 is 0 Å². The lowest BCUT2D eigenvalue weighted by Gasteiger charge is -2.02. The molecule has 0 amide bonds. The Morgan fingerprint density at radius 1 is 1.24 bits per heavy atom. The first-order valence-electron chi connectivity index (χ1n) is 6.95. The summed E-state index contributed by atoms with van der Waals surface area (Å²) in [5, 5.41) is 14.2. The van der Waals surface area contributed by atoms with Crippen LogP contribution in [-0.4, -0.2) is 21.2 Å². The fourth-order valence-corrected chi connectivity index (χ4v) is 2.74. The molecule has 0 spiro atoms. The molecule has 2 aromatic heterocycles. The normalized spacial score (nSPS) is 14.5. The maximum Gasteiger partial charge on any atom is 0.299 e. The molecular weight excluding hydrogens is 284 g/mol. The summed E-state index contributed by atoms with van der Waals surface area (Å²) in [6.45, 7) is 0.769. The quantitative estimate of drug-likeness (QED) is 0.784. The van der Waals surface area contributed by atoms with Crippen LogP contribution in [0.1, 0.15) is 17.8 Å². The van der Waals surface area contributed by atoms with E-state index in [0.29, 0.717) is 11.2 Å². The molecule has 21 heavy (non-hydrogen) atoms. The molecule has 106 valence electrons. The lowest BCUT2D eigenvalue weighted by molar-refractivity contribution is 0.473. The second kappa shape index (κ2) is 5.38. The van der Waals surface area contributed by atoms with Crippen molar-refractivity contribution in [1.29, 1.82) is 0 Å². The summed E-state index contributed by atoms with van der Waals surface area (Å²) >= 11 is 1.48. The van der Waals surface area contributed by atoms with Crippen LogP contribution in [0, 0.1) is 0 Å². The second-order valence-corrected chi connectivity index (χ2v) is 6.10. The van der Waals surface area contributed by atoms with Crippen molar-refractivity contribution in [1.82, 2.24) is 20.5 Å². The summed E-state index contributed by atoms with van der Waals surface area (Å²) in [7, 11) is 0. The van der Waals surface area contributed by atoms with Crippen LogP contribution in [0.4, 0.5) is 0 Å². The van der Waals surface area contributed by atoms with Gasteiger partial charge in [-0.1, -0.05) is 22.5 Å². The molecule has 0 bridgehead atoms. The molecule has 0 atom stereocenters. The van der Waals surface area contributed by atoms with Gasteiger partial charge in [-0.15, -0.1) is 5.10 Å². The highest BCUT2D eigenvalue weighted by molar-refractivity contribution is 7.13. The Hall–Kier alpha value is -2.05. The Labute approximate surface area is 126 Å². The average molecular weight is 298 g/mol. The molecule has 1 fully saturated rings. The highest BCUT2D eigenvalue weighted by Gasteiger charge is 2.20. The minimum absolute atomic E-state index is 0.567. The summed E-state index contributed by atoms with van der Waals surface area (Å²) < 4.78 is 5.77. The van der Waals surface area contributed by atoms with Crippen molar-refractivity contribution in [3.63, 3.8) is 0 Å². The highest BCUT2D eigenvalue weighted by atomic mass is 32.1. The topological polar surface area (TPSA) is 59.9 Å². The maximum atomic E-state index is 5.77. The summed E-state index contributed by atoms with van der Waals surface area (Å²) in [5.74, 6) is 0.735. The molecule has 2 heterocycles. The fourth-order valence-electron chi connectivity index (χ4n) is 2.08. The molecule has 0 saturated heterocycles. The third-order valence-corrected chi connectivity index (χ3v) is 4.15. The number of benzene rings is 1. The number of nitrogens with zero attached hydrogens (tertiary/aromatic N) is 3. The van der Waals surface area contributed by atoms with Crippen LogP contribution in [0.3, 0.4) is 0 Å². The van der Waals surface area contributed by atoms with E-state index in [1.807, 2.05) is 30.3 Å². The zero-order valence-corrected chi connectivity index (χ0v) is 12.1. The van der Waals surface area contributed by atoms with Crippen LogP contribution in [0.15, 0.2) is 36.5 Å². The Kier molecular flexibility index (Phi) is 3.25. The minimum Gasteiger partial charge on any atom is -0.430 e. The van der Waals surface area contributed by atoms with Crippen molar-refractivity contribution < 1.29 is 4.74 Å². The molecule has 1 aliphatic rings. The lowest BCUT2D eigenvalue weighted by atomic mass is 10.2. The van der Waals surface area contributed by atoms with Crippen LogP contribution < -0.4 is 10.1 Å². The zero-order chi connectivity index (χ0) is 14.1. The molecule has 1 saturated carbocycles. The number of pyridine rings is 1. The van der Waals surface area contributed by atoms with Gasteiger partial charge in [0.25, 0.3) is 5.19 Å². The highest BCUT2D eigenvalue weighted by Crippen LogP contribution is 2.27. The van der Waals surface area contributed by atoms with Gasteiger partial charge in [0, 0.05) is 23.7 Å². The van der Waals surface area contributed by atoms with E-state index in [1.54, 1.807) is 6.20 Å². The summed E-state index contributed by atoms with van der Waals surface area (Å²) in [5.41, 5.74) is 0.912. The average Bonchev–Trinajstić information content (AvgIpc) is 3.25. The molecule has 0 aliphatic heterocycles. The van der Waals surface area contributed by atoms with Gasteiger partial charge in [-0.25, -0.2) is 0 Å². The number of hydrogen-bond acceptors (Lipinski definition) is 6. The summed E-state index contributed by atoms with van der Waals surface area (Å²) in [6.07, 6.45) is 4.32. The van der Waals surface area contributed by atoms with Crippen molar-refractivity contribution in [2.24, 2.45) is 0 Å². The minimum atomic E-state index is 0.567. The SMILES string of the molecule is c1cnc2cc(Oc3nnc(CNC4CC4)s3)ccc2c1. The van der Waals surface area contributed by atoms with E-state index in [2.05, 4.69) is 20.5 Å². The van der Waals surface area contributed by atoms with E-state index in [4.69, 9.17) is 4.74 Å². The molecule has 4 rings (SSSR count). The molecular formula is C15H14N4OS. The van der Waals surface area contributed by atoms with Gasteiger partial charge in [-0.3, -0.25) is 4.98 Å². The molecule has 0 radical (unpaired) electrons. The summed E-state index contributed by atoms with van der Waals surface area (Å²) in [6, 6.07) is 10.5. The fraction of sp³-hybridized carbons (Fsp3) is 0.267. The molecule has 3 aromatic rings. The van der Waals surface area contributed by atoms with Gasteiger partial charge in [0.15, 0.2) is 0 Å². The van der Waals surface area contributed by atoms with Crippen LogP contribution in [-0.2, 0) is 6.54 Å². The smallest absolute Gasteiger partial charge is 0.299 e. The van der Waals surface area contributed by atoms with Gasteiger partial charge >= 0.3 is 0 Å². The molecule has 5 nitrogen and oxygen atoms in total. The second-order valence-electron chi connectivity index (χ2n) is 5.08. The van der Waals surface area contributed by atoms with Crippen LogP contribution in [0.2, 0.25) is 0 Å². The number of nitrogens with one attached hydrogen (secondary N) is 1. The van der Waals surface area contributed by atoms with Gasteiger partial charge in [-0.05, 0) is 31.0 Å². The van der Waals surface area contributed by atoms with Crippen LogP contribution in [0.25, 0.3) is 10.9 Å². The first-order valence-corrected chi connectivity index (χ1v) is 7.77. The Balaban J connectivity index is 1.48. The summed E-state index contributed by atoms with van der Waals surface area (Å²) in [4.78, 5) is 4.32. The van der Waals surface area contributed by atoms with Gasteiger partial charge in [0.2, 0.25) is 0 Å². The van der Waals surface area contributed by atoms with E-state index in [9.17, 15) is 0 Å². The molecule has 1 aliphatic carbocycles. The standard InChI is InChI=1S/C15H14N4OS/c1-2-10-3-6-12(8-13(10)16-7-1)20-15-19-18-14(21-15)9-17-11-4-5-11/h1-3,6-8,11,17H,4-5,9H2. The molecule has 6 heteroatoms. The number of aromatic nitrogens is 3. The van der Waals surface area contributed by atoms with Gasteiger partial charge in [-0.2, -0.15) is 0 Å². The number of rotatable bonds is 5. The van der Waals surface area contributed by atoms with E-state index in [0.717, 1.165) is 28.2 Å². The van der Waals surface area contributed by atoms with Crippen molar-refractivity contribution in [2.75, 3.05) is 0 Å². The Bertz CT molecular complexity index is 769. The Morgan fingerprint density at radius 3 is 3.10 bits per heavy atom. The van der Waals surface area contributed by atoms with E-state index in [-0.39, 0.29) is 0 Å². The predicted molar refractivity (Wildman–Crippen MR) is 81.6 cm³/mol. The first-order chi connectivity index (χ1) is 10.4. The van der Waals surface area contributed by atoms with Crippen LogP contribution >= 0.6 is 11.3 Å². The molecule has 1 N–H and O–H groups in total. The van der Waals surface area contributed by atoms with E-state index >= 15 is 0 Å². The van der Waals surface area contributed by atoms with Crippen molar-refractivity contribution in [2.45, 2.75) is 25.4 Å². The largest absolute Gasteiger partial charge is 0.430 e.